The van der Waals surface area contributed by atoms with Gasteiger partial charge in [0.25, 0.3) is 0 Å². The monoisotopic (exact) mass is 281 g/mol. The van der Waals surface area contributed by atoms with E-state index in [0.29, 0.717) is 0 Å². The molecule has 0 unspecified atom stereocenters. The summed E-state index contributed by atoms with van der Waals surface area (Å²) < 4.78 is 0. The van der Waals surface area contributed by atoms with E-state index in [9.17, 15) is 0 Å². The highest BCUT2D eigenvalue weighted by Gasteiger charge is 2.20. The zero-order chi connectivity index (χ0) is 14.7. The van der Waals surface area contributed by atoms with E-state index < -0.39 is 0 Å². The fraction of sp³-hybridized carbons (Fsp3) is 0.389. The molecule has 3 heteroatoms. The third-order valence-electron chi connectivity index (χ3n) is 4.06. The number of nitrogens with zero attached hydrogens (tertiary/aromatic N) is 3. The maximum Gasteiger partial charge on any atom is 0.136 e. The van der Waals surface area contributed by atoms with Gasteiger partial charge in [-0.05, 0) is 63.2 Å². The molecule has 1 aromatic carbocycles. The minimum atomic E-state index is 1.01. The summed E-state index contributed by atoms with van der Waals surface area (Å²) in [4.78, 5) is 9.31. The summed E-state index contributed by atoms with van der Waals surface area (Å²) in [6.07, 6.45) is 5.21. The number of pyridine rings is 1. The molecule has 21 heavy (non-hydrogen) atoms. The number of anilines is 2. The fourth-order valence-electron chi connectivity index (χ4n) is 3.01. The van der Waals surface area contributed by atoms with E-state index in [4.69, 9.17) is 0 Å². The van der Waals surface area contributed by atoms with E-state index in [0.717, 1.165) is 38.2 Å². The molecule has 2 aromatic rings. The topological polar surface area (TPSA) is 19.4 Å². The molecular formula is C18H23N3. The lowest BCUT2D eigenvalue weighted by Gasteiger charge is -2.26. The van der Waals surface area contributed by atoms with Crippen LogP contribution in [0.5, 0.6) is 0 Å². The van der Waals surface area contributed by atoms with Gasteiger partial charge in [0.1, 0.15) is 5.82 Å². The molecule has 3 rings (SSSR count). The van der Waals surface area contributed by atoms with Crippen molar-refractivity contribution in [2.24, 2.45) is 0 Å². The standard InChI is InChI=1S/C18H23N3/c1-20(2)13-6-14-21-17-9-4-3-7-15(17)10-11-16-8-5-12-19-18(16)21/h3-5,7-9,12H,6,10-11,13-14H2,1-2H3. The summed E-state index contributed by atoms with van der Waals surface area (Å²) in [5.41, 5.74) is 4.12. The zero-order valence-corrected chi connectivity index (χ0v) is 12.9. The molecule has 0 saturated heterocycles. The second-order valence-electron chi connectivity index (χ2n) is 5.92. The Balaban J connectivity index is 1.95. The van der Waals surface area contributed by atoms with Crippen LogP contribution in [0.4, 0.5) is 11.5 Å². The highest BCUT2D eigenvalue weighted by atomic mass is 15.2. The normalized spacial score (nSPS) is 13.8. The molecule has 3 nitrogen and oxygen atoms in total. The van der Waals surface area contributed by atoms with Crippen molar-refractivity contribution >= 4 is 11.5 Å². The molecule has 0 spiro atoms. The number of aromatic nitrogens is 1. The van der Waals surface area contributed by atoms with Gasteiger partial charge < -0.3 is 9.80 Å². The first-order chi connectivity index (χ1) is 10.3. The van der Waals surface area contributed by atoms with Crippen molar-refractivity contribution in [2.45, 2.75) is 19.3 Å². The summed E-state index contributed by atoms with van der Waals surface area (Å²) in [5, 5.41) is 0. The summed E-state index contributed by atoms with van der Waals surface area (Å²) in [7, 11) is 4.26. The number of rotatable bonds is 4. The van der Waals surface area contributed by atoms with Crippen LogP contribution in [0.25, 0.3) is 0 Å². The molecule has 0 aliphatic carbocycles. The molecule has 1 aromatic heterocycles. The van der Waals surface area contributed by atoms with Crippen LogP contribution in [-0.2, 0) is 12.8 Å². The highest BCUT2D eigenvalue weighted by Crippen LogP contribution is 2.34. The molecule has 0 N–H and O–H groups in total. The number of hydrogen-bond acceptors (Lipinski definition) is 3. The van der Waals surface area contributed by atoms with Gasteiger partial charge in [0.2, 0.25) is 0 Å². The SMILES string of the molecule is CN(C)CCCN1c2ccccc2CCc2cccnc21. The van der Waals surface area contributed by atoms with Gasteiger partial charge in [0, 0.05) is 18.4 Å². The van der Waals surface area contributed by atoms with Crippen LogP contribution in [0.3, 0.4) is 0 Å². The Bertz CT molecular complexity index is 559. The van der Waals surface area contributed by atoms with Crippen LogP contribution in [0.1, 0.15) is 17.5 Å². The first-order valence-corrected chi connectivity index (χ1v) is 7.70. The Kier molecular flexibility index (Phi) is 4.20. The minimum Gasteiger partial charge on any atom is -0.326 e. The lowest BCUT2D eigenvalue weighted by molar-refractivity contribution is 0.402. The zero-order valence-electron chi connectivity index (χ0n) is 12.9. The van der Waals surface area contributed by atoms with E-state index in [2.05, 4.69) is 59.2 Å². The Hall–Kier alpha value is -1.87. The molecule has 0 saturated carbocycles. The molecule has 0 bridgehead atoms. The van der Waals surface area contributed by atoms with Gasteiger partial charge in [-0.1, -0.05) is 24.3 Å². The van der Waals surface area contributed by atoms with Gasteiger partial charge in [-0.25, -0.2) is 4.98 Å². The van der Waals surface area contributed by atoms with Crippen LogP contribution >= 0.6 is 0 Å². The maximum absolute atomic E-state index is 4.67. The van der Waals surface area contributed by atoms with Gasteiger partial charge in [-0.2, -0.15) is 0 Å². The Morgan fingerprint density at radius 1 is 1.05 bits per heavy atom. The largest absolute Gasteiger partial charge is 0.326 e. The van der Waals surface area contributed by atoms with E-state index in [1.54, 1.807) is 0 Å². The van der Waals surface area contributed by atoms with Crippen molar-refractivity contribution < 1.29 is 0 Å². The van der Waals surface area contributed by atoms with E-state index >= 15 is 0 Å². The van der Waals surface area contributed by atoms with E-state index in [-0.39, 0.29) is 0 Å². The number of benzene rings is 1. The lowest BCUT2D eigenvalue weighted by Crippen LogP contribution is -2.24. The van der Waals surface area contributed by atoms with Gasteiger partial charge in [-0.3, -0.25) is 0 Å². The average Bonchev–Trinajstić information content (AvgIpc) is 2.65. The summed E-state index contributed by atoms with van der Waals surface area (Å²) in [6.45, 7) is 2.11. The molecule has 1 aliphatic heterocycles. The number of fused-ring (bicyclic) bond motifs is 2. The average molecular weight is 281 g/mol. The molecule has 1 aliphatic rings. The molecule has 0 radical (unpaired) electrons. The van der Waals surface area contributed by atoms with Crippen molar-refractivity contribution in [3.63, 3.8) is 0 Å². The van der Waals surface area contributed by atoms with Crippen molar-refractivity contribution in [1.29, 1.82) is 0 Å². The molecule has 0 atom stereocenters. The summed E-state index contributed by atoms with van der Waals surface area (Å²) >= 11 is 0. The van der Waals surface area contributed by atoms with Crippen molar-refractivity contribution in [3.05, 3.63) is 53.7 Å². The number of hydrogen-bond donors (Lipinski definition) is 0. The predicted octanol–water partition coefficient (Wildman–Crippen LogP) is 3.27. The third-order valence-corrected chi connectivity index (χ3v) is 4.06. The Morgan fingerprint density at radius 3 is 2.67 bits per heavy atom. The first-order valence-electron chi connectivity index (χ1n) is 7.70. The van der Waals surface area contributed by atoms with Crippen LogP contribution in [0, 0.1) is 0 Å². The molecule has 110 valence electrons. The smallest absolute Gasteiger partial charge is 0.136 e. The van der Waals surface area contributed by atoms with Crippen LogP contribution in [-0.4, -0.2) is 37.1 Å². The second kappa shape index (κ2) is 6.27. The van der Waals surface area contributed by atoms with Gasteiger partial charge >= 0.3 is 0 Å². The van der Waals surface area contributed by atoms with Crippen LogP contribution in [0.2, 0.25) is 0 Å². The van der Waals surface area contributed by atoms with Gasteiger partial charge in [0.05, 0.1) is 0 Å². The van der Waals surface area contributed by atoms with Crippen LogP contribution in [0.15, 0.2) is 42.6 Å². The minimum absolute atomic E-state index is 1.01. The second-order valence-corrected chi connectivity index (χ2v) is 5.92. The predicted molar refractivity (Wildman–Crippen MR) is 88.3 cm³/mol. The van der Waals surface area contributed by atoms with Gasteiger partial charge in [0.15, 0.2) is 0 Å². The van der Waals surface area contributed by atoms with Gasteiger partial charge in [-0.15, -0.1) is 0 Å². The lowest BCUT2D eigenvalue weighted by atomic mass is 10.1. The molecule has 0 amide bonds. The Morgan fingerprint density at radius 2 is 1.81 bits per heavy atom. The molecule has 0 fully saturated rings. The van der Waals surface area contributed by atoms with Crippen molar-refractivity contribution in [3.8, 4) is 0 Å². The van der Waals surface area contributed by atoms with E-state index in [1.165, 1.54) is 16.8 Å². The van der Waals surface area contributed by atoms with Crippen molar-refractivity contribution in [2.75, 3.05) is 32.1 Å². The number of para-hydroxylation sites is 1. The molecule has 2 heterocycles. The van der Waals surface area contributed by atoms with Crippen LogP contribution < -0.4 is 4.90 Å². The third kappa shape index (κ3) is 3.08. The fourth-order valence-corrected chi connectivity index (χ4v) is 3.01. The highest BCUT2D eigenvalue weighted by molar-refractivity contribution is 5.68. The van der Waals surface area contributed by atoms with E-state index in [1.807, 2.05) is 12.3 Å². The molecular weight excluding hydrogens is 258 g/mol. The summed E-state index contributed by atoms with van der Waals surface area (Å²) in [6, 6.07) is 13.0. The van der Waals surface area contributed by atoms with Crippen molar-refractivity contribution in [1.82, 2.24) is 9.88 Å². The first kappa shape index (κ1) is 14.1. The quantitative estimate of drug-likeness (QED) is 0.857. The number of aryl methyl sites for hydroxylation is 2. The maximum atomic E-state index is 4.67. The Labute approximate surface area is 127 Å². The summed E-state index contributed by atoms with van der Waals surface area (Å²) in [5.74, 6) is 1.14.